The van der Waals surface area contributed by atoms with E-state index < -0.39 is 11.7 Å². The third-order valence-electron chi connectivity index (χ3n) is 1.27. The van der Waals surface area contributed by atoms with Crippen molar-refractivity contribution in [1.82, 2.24) is 0 Å². The molecule has 1 aromatic rings. The number of hydrogen-bond donors (Lipinski definition) is 2. The maximum Gasteiger partial charge on any atom is 0.374 e. The summed E-state index contributed by atoms with van der Waals surface area (Å²) in [6.45, 7) is 0. The molecule has 4 heteroatoms. The standard InChI is InChI=1S/C9H8O4/c10-8(9(11)12)6-13-7-4-2-1-3-5-7/h1-6,10H,(H,11,12). The summed E-state index contributed by atoms with van der Waals surface area (Å²) in [4.78, 5) is 10.1. The van der Waals surface area contributed by atoms with Crippen LogP contribution >= 0.6 is 0 Å². The Morgan fingerprint density at radius 2 is 1.85 bits per heavy atom. The normalized spacial score (nSPS) is 10.9. The number of rotatable bonds is 3. The maximum atomic E-state index is 10.1. The van der Waals surface area contributed by atoms with Crippen LogP contribution in [0.2, 0.25) is 0 Å². The lowest BCUT2D eigenvalue weighted by atomic mass is 10.3. The van der Waals surface area contributed by atoms with Crippen molar-refractivity contribution >= 4 is 5.97 Å². The topological polar surface area (TPSA) is 66.8 Å². The molecule has 1 rings (SSSR count). The molecule has 0 amide bonds. The smallest absolute Gasteiger partial charge is 0.374 e. The van der Waals surface area contributed by atoms with E-state index in [0.717, 1.165) is 6.26 Å². The van der Waals surface area contributed by atoms with E-state index in [1.165, 1.54) is 0 Å². The molecule has 0 aliphatic carbocycles. The molecule has 0 aliphatic rings. The third-order valence-corrected chi connectivity index (χ3v) is 1.27. The number of ether oxygens (including phenoxy) is 1. The van der Waals surface area contributed by atoms with E-state index in [-0.39, 0.29) is 0 Å². The summed E-state index contributed by atoms with van der Waals surface area (Å²) in [5.41, 5.74) is 0. The van der Waals surface area contributed by atoms with Gasteiger partial charge in [-0.25, -0.2) is 4.79 Å². The van der Waals surface area contributed by atoms with Crippen LogP contribution in [0.5, 0.6) is 5.75 Å². The molecule has 0 saturated carbocycles. The van der Waals surface area contributed by atoms with Gasteiger partial charge in [-0.1, -0.05) is 18.2 Å². The second-order valence-electron chi connectivity index (χ2n) is 2.24. The van der Waals surface area contributed by atoms with Crippen LogP contribution in [0.4, 0.5) is 0 Å². The fourth-order valence-electron chi connectivity index (χ4n) is 0.673. The lowest BCUT2D eigenvalue weighted by Crippen LogP contribution is -2.00. The van der Waals surface area contributed by atoms with Crippen molar-refractivity contribution in [3.8, 4) is 5.75 Å². The molecule has 0 radical (unpaired) electrons. The molecule has 0 aliphatic heterocycles. The summed E-state index contributed by atoms with van der Waals surface area (Å²) < 4.78 is 4.84. The van der Waals surface area contributed by atoms with Gasteiger partial charge in [0.2, 0.25) is 5.76 Å². The first-order valence-electron chi connectivity index (χ1n) is 3.54. The van der Waals surface area contributed by atoms with Crippen LogP contribution in [0.25, 0.3) is 0 Å². The lowest BCUT2D eigenvalue weighted by molar-refractivity contribution is -0.135. The Labute approximate surface area is 74.7 Å². The quantitative estimate of drug-likeness (QED) is 0.547. The van der Waals surface area contributed by atoms with Gasteiger partial charge in [0.05, 0.1) is 0 Å². The Bertz CT molecular complexity index is 316. The highest BCUT2D eigenvalue weighted by molar-refractivity contribution is 5.83. The maximum absolute atomic E-state index is 10.1. The Morgan fingerprint density at radius 1 is 1.23 bits per heavy atom. The molecule has 1 aromatic carbocycles. The molecule has 0 saturated heterocycles. The van der Waals surface area contributed by atoms with E-state index in [1.807, 2.05) is 0 Å². The van der Waals surface area contributed by atoms with Gasteiger partial charge in [0.25, 0.3) is 0 Å². The second-order valence-corrected chi connectivity index (χ2v) is 2.24. The Kier molecular flexibility index (Phi) is 2.92. The molecule has 4 nitrogen and oxygen atoms in total. The second kappa shape index (κ2) is 4.15. The van der Waals surface area contributed by atoms with E-state index >= 15 is 0 Å². The number of para-hydroxylation sites is 1. The molecule has 0 atom stereocenters. The van der Waals surface area contributed by atoms with Crippen molar-refractivity contribution in [2.45, 2.75) is 0 Å². The van der Waals surface area contributed by atoms with Crippen molar-refractivity contribution in [2.24, 2.45) is 0 Å². The first-order chi connectivity index (χ1) is 6.20. The third kappa shape index (κ3) is 2.86. The monoisotopic (exact) mass is 180 g/mol. The molecule has 0 aromatic heterocycles. The molecule has 0 unspecified atom stereocenters. The van der Waals surface area contributed by atoms with Gasteiger partial charge < -0.3 is 14.9 Å². The Hall–Kier alpha value is -1.97. The minimum atomic E-state index is -1.42. The largest absolute Gasteiger partial charge is 0.500 e. The van der Waals surface area contributed by atoms with E-state index in [4.69, 9.17) is 14.9 Å². The van der Waals surface area contributed by atoms with Gasteiger partial charge in [-0.05, 0) is 12.1 Å². The zero-order chi connectivity index (χ0) is 9.68. The summed E-state index contributed by atoms with van der Waals surface area (Å²) in [5, 5.41) is 17.0. The van der Waals surface area contributed by atoms with Crippen LogP contribution < -0.4 is 4.74 Å². The lowest BCUT2D eigenvalue weighted by Gasteiger charge is -1.98. The molecular formula is C9H8O4. The fraction of sp³-hybridized carbons (Fsp3) is 0. The van der Waals surface area contributed by atoms with Crippen molar-refractivity contribution in [2.75, 3.05) is 0 Å². The van der Waals surface area contributed by atoms with Gasteiger partial charge in [0.15, 0.2) is 0 Å². The molecule has 0 fully saturated rings. The number of carboxylic acids is 1. The fourth-order valence-corrected chi connectivity index (χ4v) is 0.673. The van der Waals surface area contributed by atoms with Gasteiger partial charge >= 0.3 is 5.97 Å². The summed E-state index contributed by atoms with van der Waals surface area (Å²) in [5.74, 6) is -1.78. The molecule has 0 bridgehead atoms. The highest BCUT2D eigenvalue weighted by atomic mass is 16.5. The molecule has 0 heterocycles. The van der Waals surface area contributed by atoms with Gasteiger partial charge in [-0.3, -0.25) is 0 Å². The molecule has 2 N–H and O–H groups in total. The Balaban J connectivity index is 2.62. The molecule has 0 spiro atoms. The zero-order valence-corrected chi connectivity index (χ0v) is 6.68. The van der Waals surface area contributed by atoms with Crippen LogP contribution in [0, 0.1) is 0 Å². The van der Waals surface area contributed by atoms with E-state index in [0.29, 0.717) is 5.75 Å². The number of benzene rings is 1. The first kappa shape index (κ1) is 9.12. The summed E-state index contributed by atoms with van der Waals surface area (Å²) in [7, 11) is 0. The number of carbonyl (C=O) groups is 1. The van der Waals surface area contributed by atoms with E-state index in [2.05, 4.69) is 0 Å². The SMILES string of the molecule is O=C(O)C(O)=COc1ccccc1. The number of aliphatic hydroxyl groups excluding tert-OH is 1. The van der Waals surface area contributed by atoms with Crippen molar-refractivity contribution < 1.29 is 19.7 Å². The average molecular weight is 180 g/mol. The zero-order valence-electron chi connectivity index (χ0n) is 6.68. The van der Waals surface area contributed by atoms with E-state index in [9.17, 15) is 4.79 Å². The first-order valence-corrected chi connectivity index (χ1v) is 3.54. The van der Waals surface area contributed by atoms with Crippen LogP contribution in [0.15, 0.2) is 42.4 Å². The van der Waals surface area contributed by atoms with Crippen LogP contribution in [0.3, 0.4) is 0 Å². The highest BCUT2D eigenvalue weighted by Gasteiger charge is 2.02. The number of hydrogen-bond acceptors (Lipinski definition) is 3. The van der Waals surface area contributed by atoms with Crippen LogP contribution in [0.1, 0.15) is 0 Å². The predicted molar refractivity (Wildman–Crippen MR) is 45.4 cm³/mol. The minimum absolute atomic E-state index is 0.468. The summed E-state index contributed by atoms with van der Waals surface area (Å²) in [6.07, 6.45) is 0.775. The van der Waals surface area contributed by atoms with Crippen LogP contribution in [-0.2, 0) is 4.79 Å². The highest BCUT2D eigenvalue weighted by Crippen LogP contribution is 2.08. The molecule has 13 heavy (non-hydrogen) atoms. The van der Waals surface area contributed by atoms with Gasteiger partial charge in [0.1, 0.15) is 12.0 Å². The van der Waals surface area contributed by atoms with Crippen molar-refractivity contribution in [3.05, 3.63) is 42.4 Å². The Morgan fingerprint density at radius 3 is 2.38 bits per heavy atom. The van der Waals surface area contributed by atoms with Gasteiger partial charge in [0, 0.05) is 0 Å². The van der Waals surface area contributed by atoms with Gasteiger partial charge in [-0.15, -0.1) is 0 Å². The van der Waals surface area contributed by atoms with Crippen molar-refractivity contribution in [1.29, 1.82) is 0 Å². The van der Waals surface area contributed by atoms with Gasteiger partial charge in [-0.2, -0.15) is 0 Å². The number of carboxylic acid groups (broad SMARTS) is 1. The van der Waals surface area contributed by atoms with E-state index in [1.54, 1.807) is 30.3 Å². The molecule has 68 valence electrons. The van der Waals surface area contributed by atoms with Crippen molar-refractivity contribution in [3.63, 3.8) is 0 Å². The number of aliphatic hydroxyl groups is 1. The minimum Gasteiger partial charge on any atom is -0.500 e. The molecular weight excluding hydrogens is 172 g/mol. The summed E-state index contributed by atoms with van der Waals surface area (Å²) >= 11 is 0. The summed E-state index contributed by atoms with van der Waals surface area (Å²) in [6, 6.07) is 8.56. The van der Waals surface area contributed by atoms with Crippen LogP contribution in [-0.4, -0.2) is 16.2 Å². The number of aliphatic carboxylic acids is 1. The average Bonchev–Trinajstić information content (AvgIpc) is 2.15. The predicted octanol–water partition coefficient (Wildman–Crippen LogP) is 1.55.